The second-order valence-corrected chi connectivity index (χ2v) is 7.29. The third kappa shape index (κ3) is 4.83. The predicted molar refractivity (Wildman–Crippen MR) is 120 cm³/mol. The van der Waals surface area contributed by atoms with E-state index in [9.17, 15) is 5.26 Å². The van der Waals surface area contributed by atoms with Gasteiger partial charge < -0.3 is 15.1 Å². The minimum Gasteiger partial charge on any atom is -0.462 e. The highest BCUT2D eigenvalue weighted by Crippen LogP contribution is 2.32. The van der Waals surface area contributed by atoms with Crippen LogP contribution in [0.25, 0.3) is 6.08 Å². The molecule has 0 atom stereocenters. The van der Waals surface area contributed by atoms with Gasteiger partial charge in [0, 0.05) is 22.7 Å². The van der Waals surface area contributed by atoms with Crippen LogP contribution in [0.1, 0.15) is 17.1 Å². The van der Waals surface area contributed by atoms with Crippen LogP contribution in [0.2, 0.25) is 10.0 Å². The first-order valence-electron chi connectivity index (χ1n) is 8.82. The number of allylic oxidation sites excluding steroid dienone is 1. The maximum Gasteiger partial charge on any atom is 0.128 e. The van der Waals surface area contributed by atoms with E-state index in [1.165, 1.54) is 0 Å². The first-order chi connectivity index (χ1) is 13.9. The number of rotatable bonds is 6. The highest BCUT2D eigenvalue weighted by Gasteiger charge is 2.19. The maximum atomic E-state index is 9.76. The molecular weight excluding hydrogens is 405 g/mol. The number of furan rings is 1. The molecule has 0 radical (unpaired) electrons. The fourth-order valence-corrected chi connectivity index (χ4v) is 3.35. The second kappa shape index (κ2) is 8.91. The van der Waals surface area contributed by atoms with Crippen molar-refractivity contribution in [3.05, 3.63) is 99.6 Å². The first kappa shape index (κ1) is 20.6. The summed E-state index contributed by atoms with van der Waals surface area (Å²) in [5, 5.41) is 10.8. The molecule has 3 aromatic rings. The average molecular weight is 424 g/mol. The molecule has 0 aliphatic carbocycles. The number of para-hydroxylation sites is 2. The zero-order chi connectivity index (χ0) is 21.0. The summed E-state index contributed by atoms with van der Waals surface area (Å²) in [5.74, 6) is 1.34. The standard InChI is InChI=1S/C23H19Cl2N3O/c1-15-7-10-20(29-15)11-18(13-26)16(2)28(23-6-4-3-5-22(23)27)14-17-8-9-19(24)12-21(17)25/h3-12H,2,14,27H2,1H3. The Bertz CT molecular complexity index is 1130. The lowest BCUT2D eigenvalue weighted by atomic mass is 10.1. The van der Waals surface area contributed by atoms with E-state index in [0.717, 1.165) is 17.0 Å². The molecule has 1 aromatic heterocycles. The molecule has 3 rings (SSSR count). The van der Waals surface area contributed by atoms with Gasteiger partial charge in [0.05, 0.1) is 22.6 Å². The minimum atomic E-state index is 0.354. The summed E-state index contributed by atoms with van der Waals surface area (Å²) >= 11 is 12.4. The quantitative estimate of drug-likeness (QED) is 0.275. The Morgan fingerprint density at radius 1 is 1.21 bits per heavy atom. The van der Waals surface area contributed by atoms with Crippen LogP contribution >= 0.6 is 23.2 Å². The summed E-state index contributed by atoms with van der Waals surface area (Å²) in [7, 11) is 0. The normalized spacial score (nSPS) is 11.2. The van der Waals surface area contributed by atoms with Gasteiger partial charge in [0.25, 0.3) is 0 Å². The molecule has 29 heavy (non-hydrogen) atoms. The second-order valence-electron chi connectivity index (χ2n) is 6.45. The largest absolute Gasteiger partial charge is 0.462 e. The van der Waals surface area contributed by atoms with E-state index in [0.29, 0.717) is 39.3 Å². The van der Waals surface area contributed by atoms with Crippen LogP contribution in [0.3, 0.4) is 0 Å². The molecule has 1 heterocycles. The Hall–Kier alpha value is -3.13. The molecule has 2 N–H and O–H groups in total. The SMILES string of the molecule is C=C(C(C#N)=Cc1ccc(C)o1)N(Cc1ccc(Cl)cc1Cl)c1ccccc1N. The minimum absolute atomic E-state index is 0.354. The highest BCUT2D eigenvalue weighted by molar-refractivity contribution is 6.35. The van der Waals surface area contributed by atoms with Crippen LogP contribution in [0.4, 0.5) is 11.4 Å². The summed E-state index contributed by atoms with van der Waals surface area (Å²) in [6.45, 7) is 6.36. The van der Waals surface area contributed by atoms with E-state index in [1.807, 2.05) is 42.2 Å². The molecule has 4 nitrogen and oxygen atoms in total. The molecular formula is C23H19Cl2N3O. The monoisotopic (exact) mass is 423 g/mol. The van der Waals surface area contributed by atoms with Crippen molar-refractivity contribution in [1.29, 1.82) is 5.26 Å². The predicted octanol–water partition coefficient (Wildman–Crippen LogP) is 6.60. The molecule has 0 amide bonds. The highest BCUT2D eigenvalue weighted by atomic mass is 35.5. The van der Waals surface area contributed by atoms with Crippen molar-refractivity contribution in [2.24, 2.45) is 0 Å². The lowest BCUT2D eigenvalue weighted by Crippen LogP contribution is -2.23. The van der Waals surface area contributed by atoms with Crippen LogP contribution < -0.4 is 10.6 Å². The summed E-state index contributed by atoms with van der Waals surface area (Å²) < 4.78 is 5.58. The molecule has 0 unspecified atom stereocenters. The number of aryl methyl sites for hydroxylation is 1. The molecule has 6 heteroatoms. The van der Waals surface area contributed by atoms with Crippen LogP contribution in [0.15, 0.2) is 76.9 Å². The fraction of sp³-hybridized carbons (Fsp3) is 0.0870. The first-order valence-corrected chi connectivity index (χ1v) is 9.58. The third-order valence-corrected chi connectivity index (χ3v) is 4.96. The van der Waals surface area contributed by atoms with Crippen molar-refractivity contribution >= 4 is 40.7 Å². The van der Waals surface area contributed by atoms with E-state index >= 15 is 0 Å². The van der Waals surface area contributed by atoms with Crippen molar-refractivity contribution in [3.8, 4) is 6.07 Å². The zero-order valence-corrected chi connectivity index (χ0v) is 17.3. The molecule has 2 aromatic carbocycles. The molecule has 0 fully saturated rings. The number of hydrogen-bond donors (Lipinski definition) is 1. The van der Waals surface area contributed by atoms with Crippen molar-refractivity contribution in [2.75, 3.05) is 10.6 Å². The lowest BCUT2D eigenvalue weighted by molar-refractivity contribution is 0.525. The van der Waals surface area contributed by atoms with Crippen molar-refractivity contribution in [3.63, 3.8) is 0 Å². The van der Waals surface area contributed by atoms with E-state index in [-0.39, 0.29) is 0 Å². The number of nitrogens with zero attached hydrogens (tertiary/aromatic N) is 2. The van der Waals surface area contributed by atoms with Gasteiger partial charge in [-0.15, -0.1) is 0 Å². The Kier molecular flexibility index (Phi) is 6.33. The summed E-state index contributed by atoms with van der Waals surface area (Å²) in [5.41, 5.74) is 9.15. The van der Waals surface area contributed by atoms with Gasteiger partial charge >= 0.3 is 0 Å². The molecule has 0 spiro atoms. The Morgan fingerprint density at radius 2 is 1.97 bits per heavy atom. The number of nitriles is 1. The number of nitrogen functional groups attached to an aromatic ring is 1. The summed E-state index contributed by atoms with van der Waals surface area (Å²) in [6.07, 6.45) is 1.66. The maximum absolute atomic E-state index is 9.76. The van der Waals surface area contributed by atoms with Crippen LogP contribution in [-0.4, -0.2) is 0 Å². The van der Waals surface area contributed by atoms with E-state index in [4.69, 9.17) is 33.4 Å². The van der Waals surface area contributed by atoms with Gasteiger partial charge in [-0.25, -0.2) is 0 Å². The van der Waals surface area contributed by atoms with Gasteiger partial charge in [0.1, 0.15) is 17.6 Å². The van der Waals surface area contributed by atoms with Gasteiger partial charge in [-0.1, -0.05) is 48.0 Å². The van der Waals surface area contributed by atoms with Crippen molar-refractivity contribution < 1.29 is 4.42 Å². The summed E-state index contributed by atoms with van der Waals surface area (Å²) in [4.78, 5) is 1.86. The number of halogens is 2. The van der Waals surface area contributed by atoms with Crippen LogP contribution in [0.5, 0.6) is 0 Å². The van der Waals surface area contributed by atoms with Crippen molar-refractivity contribution in [2.45, 2.75) is 13.5 Å². The average Bonchev–Trinajstić information content (AvgIpc) is 3.11. The zero-order valence-electron chi connectivity index (χ0n) is 15.8. The number of benzene rings is 2. The van der Waals surface area contributed by atoms with Crippen LogP contribution in [0, 0.1) is 18.3 Å². The van der Waals surface area contributed by atoms with E-state index in [2.05, 4.69) is 12.6 Å². The fourth-order valence-electron chi connectivity index (χ4n) is 2.88. The van der Waals surface area contributed by atoms with Crippen LogP contribution in [-0.2, 0) is 6.54 Å². The van der Waals surface area contributed by atoms with E-state index in [1.54, 1.807) is 30.3 Å². The Morgan fingerprint density at radius 3 is 2.59 bits per heavy atom. The van der Waals surface area contributed by atoms with E-state index < -0.39 is 0 Å². The number of nitrogens with two attached hydrogens (primary N) is 1. The lowest BCUT2D eigenvalue weighted by Gasteiger charge is -2.28. The molecule has 0 saturated carbocycles. The molecule has 146 valence electrons. The topological polar surface area (TPSA) is 66.2 Å². The smallest absolute Gasteiger partial charge is 0.128 e. The van der Waals surface area contributed by atoms with Crippen molar-refractivity contribution in [1.82, 2.24) is 0 Å². The molecule has 0 saturated heterocycles. The molecule has 0 bridgehead atoms. The number of hydrogen-bond acceptors (Lipinski definition) is 4. The van der Waals surface area contributed by atoms with Gasteiger partial charge in [-0.2, -0.15) is 5.26 Å². The third-order valence-electron chi connectivity index (χ3n) is 4.38. The van der Waals surface area contributed by atoms with Gasteiger partial charge in [-0.05, 0) is 48.9 Å². The Labute approximate surface area is 180 Å². The molecule has 0 aliphatic heterocycles. The number of anilines is 2. The van der Waals surface area contributed by atoms with Gasteiger partial charge in [0.15, 0.2) is 0 Å². The van der Waals surface area contributed by atoms with Gasteiger partial charge in [0.2, 0.25) is 0 Å². The van der Waals surface area contributed by atoms with Gasteiger partial charge in [-0.3, -0.25) is 0 Å². The Balaban J connectivity index is 2.04. The molecule has 0 aliphatic rings. The summed E-state index contributed by atoms with van der Waals surface area (Å²) in [6, 6.07) is 18.5.